The maximum absolute atomic E-state index is 4.60. The summed E-state index contributed by atoms with van der Waals surface area (Å²) in [5, 5.41) is 6.75. The fraction of sp³-hybridized carbons (Fsp3) is 0.429. The Morgan fingerprint density at radius 3 is 2.64 bits per heavy atom. The molecule has 0 saturated heterocycles. The van der Waals surface area contributed by atoms with Crippen molar-refractivity contribution in [2.45, 2.75) is 52.4 Å². The molecule has 0 saturated carbocycles. The first kappa shape index (κ1) is 17.5. The summed E-state index contributed by atoms with van der Waals surface area (Å²) < 4.78 is 0. The lowest BCUT2D eigenvalue weighted by molar-refractivity contribution is 0.679. The normalized spacial score (nSPS) is 14.1. The summed E-state index contributed by atoms with van der Waals surface area (Å²) in [7, 11) is 0. The minimum Gasteiger partial charge on any atom is -0.354 e. The van der Waals surface area contributed by atoms with Crippen LogP contribution < -0.4 is 10.6 Å². The number of aromatic nitrogens is 2. The first-order chi connectivity index (χ1) is 12.2. The second-order valence-corrected chi connectivity index (χ2v) is 6.68. The van der Waals surface area contributed by atoms with Crippen LogP contribution in [-0.2, 0) is 6.42 Å². The molecular weight excluding hydrogens is 308 g/mol. The van der Waals surface area contributed by atoms with E-state index in [-0.39, 0.29) is 0 Å². The highest BCUT2D eigenvalue weighted by molar-refractivity contribution is 5.57. The van der Waals surface area contributed by atoms with Crippen molar-refractivity contribution in [2.24, 2.45) is 0 Å². The minimum absolute atomic E-state index is 0.698. The summed E-state index contributed by atoms with van der Waals surface area (Å²) >= 11 is 0. The summed E-state index contributed by atoms with van der Waals surface area (Å²) in [6.07, 6.45) is 9.69. The van der Waals surface area contributed by atoms with Gasteiger partial charge in [0.05, 0.1) is 0 Å². The number of allylic oxidation sites excluding steroid dienone is 1. The summed E-state index contributed by atoms with van der Waals surface area (Å²) in [5.74, 6) is 1.53. The fourth-order valence-electron chi connectivity index (χ4n) is 3.15. The van der Waals surface area contributed by atoms with E-state index in [9.17, 15) is 0 Å². The molecule has 4 nitrogen and oxygen atoms in total. The van der Waals surface area contributed by atoms with Gasteiger partial charge >= 0.3 is 0 Å². The molecule has 4 heteroatoms. The molecule has 0 atom stereocenters. The third kappa shape index (κ3) is 5.31. The van der Waals surface area contributed by atoms with Crippen LogP contribution in [0, 0.1) is 6.92 Å². The molecule has 0 aliphatic heterocycles. The number of hydrogen-bond donors (Lipinski definition) is 2. The van der Waals surface area contributed by atoms with Crippen molar-refractivity contribution >= 4 is 17.5 Å². The van der Waals surface area contributed by atoms with Gasteiger partial charge in [0.1, 0.15) is 5.82 Å². The van der Waals surface area contributed by atoms with E-state index in [4.69, 9.17) is 0 Å². The molecule has 0 radical (unpaired) electrons. The standard InChI is InChI=1S/C21H28N4/c1-3-17-9-11-19(12-10-17)24-20-15-16(2)23-21(25-20)22-14-13-18-7-5-4-6-8-18/h7,9-12,15H,3-6,8,13-14H2,1-2H3,(H2,22,23,24,25). The first-order valence-electron chi connectivity index (χ1n) is 9.36. The Morgan fingerprint density at radius 2 is 1.92 bits per heavy atom. The van der Waals surface area contributed by atoms with Crippen LogP contribution in [0.1, 0.15) is 50.3 Å². The van der Waals surface area contributed by atoms with E-state index >= 15 is 0 Å². The van der Waals surface area contributed by atoms with Gasteiger partial charge in [-0.15, -0.1) is 0 Å². The van der Waals surface area contributed by atoms with E-state index in [0.29, 0.717) is 5.95 Å². The van der Waals surface area contributed by atoms with Crippen LogP contribution in [0.3, 0.4) is 0 Å². The molecule has 1 aromatic heterocycles. The van der Waals surface area contributed by atoms with Crippen LogP contribution in [0.25, 0.3) is 0 Å². The third-order valence-corrected chi connectivity index (χ3v) is 4.60. The SMILES string of the molecule is CCc1ccc(Nc2cc(C)nc(NCCC3=CCCCC3)n2)cc1. The Morgan fingerprint density at radius 1 is 1.08 bits per heavy atom. The highest BCUT2D eigenvalue weighted by Gasteiger charge is 2.06. The minimum atomic E-state index is 0.698. The van der Waals surface area contributed by atoms with E-state index in [1.807, 2.05) is 13.0 Å². The highest BCUT2D eigenvalue weighted by atomic mass is 15.1. The lowest BCUT2D eigenvalue weighted by Gasteiger charge is -2.13. The predicted octanol–water partition coefficient (Wildman–Crippen LogP) is 5.39. The Kier molecular flexibility index (Phi) is 6.04. The number of nitrogens with zero attached hydrogens (tertiary/aromatic N) is 2. The number of rotatable bonds is 7. The molecule has 1 aromatic carbocycles. The molecule has 0 spiro atoms. The van der Waals surface area contributed by atoms with E-state index in [1.165, 1.54) is 31.2 Å². The second kappa shape index (κ2) is 8.65. The molecule has 1 aliphatic carbocycles. The van der Waals surface area contributed by atoms with E-state index in [0.717, 1.165) is 36.6 Å². The predicted molar refractivity (Wildman–Crippen MR) is 106 cm³/mol. The van der Waals surface area contributed by atoms with Crippen molar-refractivity contribution in [1.29, 1.82) is 0 Å². The Balaban J connectivity index is 1.60. The maximum atomic E-state index is 4.60. The van der Waals surface area contributed by atoms with Gasteiger partial charge in [0.2, 0.25) is 5.95 Å². The Hall–Kier alpha value is -2.36. The summed E-state index contributed by atoms with van der Waals surface area (Å²) in [4.78, 5) is 9.11. The van der Waals surface area contributed by atoms with Crippen LogP contribution in [0.4, 0.5) is 17.5 Å². The molecule has 2 N–H and O–H groups in total. The number of anilines is 3. The quantitative estimate of drug-likeness (QED) is 0.665. The summed E-state index contributed by atoms with van der Waals surface area (Å²) in [6, 6.07) is 10.5. The van der Waals surface area contributed by atoms with Gasteiger partial charge in [-0.25, -0.2) is 4.98 Å². The maximum Gasteiger partial charge on any atom is 0.224 e. The molecule has 0 bridgehead atoms. The molecule has 3 rings (SSSR count). The van der Waals surface area contributed by atoms with Crippen molar-refractivity contribution in [1.82, 2.24) is 9.97 Å². The number of benzene rings is 1. The van der Waals surface area contributed by atoms with Gasteiger partial charge in [-0.1, -0.05) is 30.7 Å². The van der Waals surface area contributed by atoms with Gasteiger partial charge in [0.25, 0.3) is 0 Å². The van der Waals surface area contributed by atoms with Crippen molar-refractivity contribution in [3.05, 3.63) is 53.2 Å². The fourth-order valence-corrected chi connectivity index (χ4v) is 3.15. The van der Waals surface area contributed by atoms with E-state index in [2.05, 4.69) is 57.9 Å². The monoisotopic (exact) mass is 336 g/mol. The van der Waals surface area contributed by atoms with Crippen molar-refractivity contribution in [3.8, 4) is 0 Å². The van der Waals surface area contributed by atoms with Gasteiger partial charge in [0.15, 0.2) is 0 Å². The second-order valence-electron chi connectivity index (χ2n) is 6.68. The zero-order chi connectivity index (χ0) is 17.5. The first-order valence-corrected chi connectivity index (χ1v) is 9.36. The van der Waals surface area contributed by atoms with Gasteiger partial charge in [-0.05, 0) is 63.1 Å². The van der Waals surface area contributed by atoms with E-state index < -0.39 is 0 Å². The van der Waals surface area contributed by atoms with Crippen LogP contribution in [0.2, 0.25) is 0 Å². The molecule has 1 heterocycles. The molecule has 25 heavy (non-hydrogen) atoms. The van der Waals surface area contributed by atoms with Crippen LogP contribution in [0.15, 0.2) is 42.0 Å². The lowest BCUT2D eigenvalue weighted by atomic mass is 9.97. The van der Waals surface area contributed by atoms with Gasteiger partial charge in [0, 0.05) is 24.0 Å². The average molecular weight is 336 g/mol. The van der Waals surface area contributed by atoms with Crippen LogP contribution in [0.5, 0.6) is 0 Å². The van der Waals surface area contributed by atoms with Gasteiger partial charge in [-0.3, -0.25) is 0 Å². The molecule has 1 aliphatic rings. The number of nitrogens with one attached hydrogen (secondary N) is 2. The largest absolute Gasteiger partial charge is 0.354 e. The topological polar surface area (TPSA) is 49.8 Å². The highest BCUT2D eigenvalue weighted by Crippen LogP contribution is 2.21. The van der Waals surface area contributed by atoms with Crippen LogP contribution in [-0.4, -0.2) is 16.5 Å². The number of aryl methyl sites for hydroxylation is 2. The summed E-state index contributed by atoms with van der Waals surface area (Å²) in [6.45, 7) is 5.05. The Bertz CT molecular complexity index is 719. The average Bonchev–Trinajstić information content (AvgIpc) is 2.63. The van der Waals surface area contributed by atoms with Crippen molar-refractivity contribution in [3.63, 3.8) is 0 Å². The zero-order valence-corrected chi connectivity index (χ0v) is 15.3. The molecule has 2 aromatic rings. The van der Waals surface area contributed by atoms with Gasteiger partial charge < -0.3 is 10.6 Å². The van der Waals surface area contributed by atoms with Gasteiger partial charge in [-0.2, -0.15) is 4.98 Å². The molecule has 132 valence electrons. The van der Waals surface area contributed by atoms with Crippen LogP contribution >= 0.6 is 0 Å². The smallest absolute Gasteiger partial charge is 0.224 e. The van der Waals surface area contributed by atoms with E-state index in [1.54, 1.807) is 5.57 Å². The molecule has 0 unspecified atom stereocenters. The Labute approximate surface area is 150 Å². The lowest BCUT2D eigenvalue weighted by Crippen LogP contribution is -2.09. The molecule has 0 amide bonds. The zero-order valence-electron chi connectivity index (χ0n) is 15.3. The van der Waals surface area contributed by atoms with Crippen molar-refractivity contribution < 1.29 is 0 Å². The molecular formula is C21H28N4. The number of hydrogen-bond acceptors (Lipinski definition) is 4. The van der Waals surface area contributed by atoms with Crippen molar-refractivity contribution in [2.75, 3.05) is 17.2 Å². The summed E-state index contributed by atoms with van der Waals surface area (Å²) in [5.41, 5.74) is 4.92. The molecule has 0 fully saturated rings. The third-order valence-electron chi connectivity index (χ3n) is 4.60.